The van der Waals surface area contributed by atoms with Crippen LogP contribution in [0.5, 0.6) is 0 Å². The molecule has 6 rings (SSSR count). The fraction of sp³-hybridized carbons (Fsp3) is 0.406. The van der Waals surface area contributed by atoms with E-state index in [9.17, 15) is 14.4 Å². The lowest BCUT2D eigenvalue weighted by atomic mass is 9.81. The molecule has 1 unspecified atom stereocenters. The molecule has 2 aliphatic heterocycles. The number of hydrogen-bond donors (Lipinski definition) is 1. The molecule has 210 valence electrons. The summed E-state index contributed by atoms with van der Waals surface area (Å²) in [6.07, 6.45) is 5.49. The van der Waals surface area contributed by atoms with Crippen molar-refractivity contribution in [1.82, 2.24) is 20.2 Å². The summed E-state index contributed by atoms with van der Waals surface area (Å²) in [5, 5.41) is 11.9. The molecule has 1 saturated heterocycles. The van der Waals surface area contributed by atoms with Gasteiger partial charge in [0.1, 0.15) is 11.9 Å². The summed E-state index contributed by atoms with van der Waals surface area (Å²) < 4.78 is 0. The zero-order chi connectivity index (χ0) is 28.9. The number of Topliss-reactive ketones (excluding diaryl/α,β-unsaturated/α-hetero) is 1. The van der Waals surface area contributed by atoms with Gasteiger partial charge in [-0.15, -0.1) is 0 Å². The van der Waals surface area contributed by atoms with Crippen molar-refractivity contribution < 1.29 is 14.4 Å². The van der Waals surface area contributed by atoms with Gasteiger partial charge in [-0.3, -0.25) is 14.4 Å². The number of aryl methyl sites for hydroxylation is 2. The molecule has 1 aliphatic carbocycles. The quantitative estimate of drug-likeness (QED) is 0.434. The zero-order valence-corrected chi connectivity index (χ0v) is 23.8. The van der Waals surface area contributed by atoms with Crippen LogP contribution in [0, 0.1) is 19.3 Å². The molecule has 0 bridgehead atoms. The molecule has 41 heavy (non-hydrogen) atoms. The lowest BCUT2D eigenvalue weighted by Gasteiger charge is -2.30. The van der Waals surface area contributed by atoms with Crippen molar-refractivity contribution >= 4 is 23.3 Å². The fourth-order valence-electron chi connectivity index (χ4n) is 6.40. The van der Waals surface area contributed by atoms with Gasteiger partial charge in [0, 0.05) is 36.1 Å². The summed E-state index contributed by atoms with van der Waals surface area (Å²) in [6.45, 7) is 7.81. The Morgan fingerprint density at radius 2 is 1.76 bits per heavy atom. The van der Waals surface area contributed by atoms with Gasteiger partial charge in [0.15, 0.2) is 11.3 Å². The van der Waals surface area contributed by atoms with E-state index in [-0.39, 0.29) is 35.5 Å². The molecule has 0 spiro atoms. The number of azo groups is 1. The molecule has 2 fully saturated rings. The number of rotatable bonds is 8. The number of aromatic nitrogens is 2. The smallest absolute Gasteiger partial charge is 0.242 e. The molecular formula is C32H34N6O3. The van der Waals surface area contributed by atoms with Gasteiger partial charge in [-0.05, 0) is 74.3 Å². The van der Waals surface area contributed by atoms with E-state index in [1.165, 1.54) is 6.92 Å². The first kappa shape index (κ1) is 26.9. The molecule has 3 aromatic rings. The number of nitrogens with zero attached hydrogens (tertiary/aromatic N) is 5. The molecule has 3 aliphatic rings. The fourth-order valence-corrected chi connectivity index (χ4v) is 6.40. The Hall–Kier alpha value is -4.27. The van der Waals surface area contributed by atoms with E-state index in [1.54, 1.807) is 17.3 Å². The monoisotopic (exact) mass is 550 g/mol. The number of carbonyl (C=O) groups excluding carboxylic acids is 3. The van der Waals surface area contributed by atoms with E-state index in [1.807, 2.05) is 56.3 Å². The molecule has 2 amide bonds. The number of nitrogens with one attached hydrogen (secondary N) is 1. The van der Waals surface area contributed by atoms with E-state index >= 15 is 0 Å². The largest absolute Gasteiger partial charge is 0.354 e. The van der Waals surface area contributed by atoms with Crippen molar-refractivity contribution in [1.29, 1.82) is 0 Å². The minimum absolute atomic E-state index is 0.0144. The second kappa shape index (κ2) is 9.98. The minimum Gasteiger partial charge on any atom is -0.354 e. The standard InChI is InChI=1S/C32H34N6O3/c1-19-12-23(24-17-34-21(3)35-18-24)13-25-29(19)36-37-32(25,20(2)39)16-28(40)38-26(14-31(4)15-27(31)38)30(41)33-11-10-22-8-6-5-7-9-22/h5-9,12-13,17-18,26-27H,10-11,14-16H2,1-4H3,(H,33,41)/t26-,27+,31-,32?/m0/s1. The van der Waals surface area contributed by atoms with Crippen LogP contribution in [0.15, 0.2) is 65.1 Å². The summed E-state index contributed by atoms with van der Waals surface area (Å²) in [6, 6.07) is 13.2. The second-order valence-electron chi connectivity index (χ2n) is 11.9. The first-order chi connectivity index (χ1) is 19.6. The van der Waals surface area contributed by atoms with Crippen molar-refractivity contribution in [3.05, 3.63) is 77.4 Å². The number of amides is 2. The number of piperidine rings is 1. The Bertz CT molecular complexity index is 1570. The molecule has 4 atom stereocenters. The maximum Gasteiger partial charge on any atom is 0.242 e. The van der Waals surface area contributed by atoms with Gasteiger partial charge in [-0.1, -0.05) is 37.3 Å². The summed E-state index contributed by atoms with van der Waals surface area (Å²) in [5.74, 6) is 0.0111. The molecule has 1 aromatic heterocycles. The minimum atomic E-state index is -1.44. The van der Waals surface area contributed by atoms with E-state index in [4.69, 9.17) is 0 Å². The van der Waals surface area contributed by atoms with Gasteiger partial charge in [0.25, 0.3) is 0 Å². The Morgan fingerprint density at radius 1 is 1.02 bits per heavy atom. The molecule has 1 N–H and O–H groups in total. The highest BCUT2D eigenvalue weighted by molar-refractivity contribution is 5.98. The van der Waals surface area contributed by atoms with E-state index in [2.05, 4.69) is 32.4 Å². The first-order valence-corrected chi connectivity index (χ1v) is 14.1. The van der Waals surface area contributed by atoms with Crippen LogP contribution in [-0.2, 0) is 26.3 Å². The SMILES string of the molecule is CC(=O)C1(CC(=O)N2[C@H](C(=O)NCCc3ccccc3)C[C@@]3(C)C[C@@H]23)N=Nc2c(C)cc(-c3cnc(C)nc3)cc21. The summed E-state index contributed by atoms with van der Waals surface area (Å²) in [5.41, 5.74) is 3.32. The van der Waals surface area contributed by atoms with Crippen LogP contribution in [0.3, 0.4) is 0 Å². The van der Waals surface area contributed by atoms with Crippen molar-refractivity contribution in [2.24, 2.45) is 15.6 Å². The molecule has 9 nitrogen and oxygen atoms in total. The third-order valence-corrected chi connectivity index (χ3v) is 8.95. The summed E-state index contributed by atoms with van der Waals surface area (Å²) in [7, 11) is 0. The molecule has 3 heterocycles. The molecule has 1 saturated carbocycles. The van der Waals surface area contributed by atoms with Crippen molar-refractivity contribution in [3.63, 3.8) is 0 Å². The molecule has 2 aromatic carbocycles. The maximum absolute atomic E-state index is 14.1. The van der Waals surface area contributed by atoms with E-state index in [0.717, 1.165) is 28.7 Å². The van der Waals surface area contributed by atoms with Gasteiger partial charge in [0.2, 0.25) is 11.8 Å². The van der Waals surface area contributed by atoms with Crippen LogP contribution in [0.25, 0.3) is 11.1 Å². The number of ketones is 1. The maximum atomic E-state index is 14.1. The molecule has 9 heteroatoms. The Labute approximate surface area is 239 Å². The Kier molecular flexibility index (Phi) is 6.55. The van der Waals surface area contributed by atoms with Crippen molar-refractivity contribution in [2.75, 3.05) is 6.54 Å². The van der Waals surface area contributed by atoms with Crippen LogP contribution in [0.2, 0.25) is 0 Å². The van der Waals surface area contributed by atoms with Crippen molar-refractivity contribution in [2.45, 2.75) is 71.0 Å². The number of carbonyl (C=O) groups is 3. The first-order valence-electron chi connectivity index (χ1n) is 14.1. The van der Waals surface area contributed by atoms with Crippen LogP contribution in [-0.4, -0.2) is 51.1 Å². The lowest BCUT2D eigenvalue weighted by Crippen LogP contribution is -2.50. The third-order valence-electron chi connectivity index (χ3n) is 8.95. The predicted molar refractivity (Wildman–Crippen MR) is 153 cm³/mol. The Morgan fingerprint density at radius 3 is 2.46 bits per heavy atom. The predicted octanol–water partition coefficient (Wildman–Crippen LogP) is 4.77. The highest BCUT2D eigenvalue weighted by Crippen LogP contribution is 2.60. The normalized spacial score (nSPS) is 25.5. The third kappa shape index (κ3) is 4.73. The van der Waals surface area contributed by atoms with Gasteiger partial charge in [-0.25, -0.2) is 9.97 Å². The van der Waals surface area contributed by atoms with Crippen LogP contribution >= 0.6 is 0 Å². The topological polar surface area (TPSA) is 117 Å². The van der Waals surface area contributed by atoms with Gasteiger partial charge in [0.05, 0.1) is 12.1 Å². The highest BCUT2D eigenvalue weighted by Gasteiger charge is 2.65. The average Bonchev–Trinajstić information content (AvgIpc) is 3.30. The lowest BCUT2D eigenvalue weighted by molar-refractivity contribution is -0.142. The van der Waals surface area contributed by atoms with E-state index < -0.39 is 11.6 Å². The molecule has 0 radical (unpaired) electrons. The van der Waals surface area contributed by atoms with Crippen molar-refractivity contribution in [3.8, 4) is 11.1 Å². The number of benzene rings is 2. The van der Waals surface area contributed by atoms with Crippen LogP contribution < -0.4 is 5.32 Å². The number of fused-ring (bicyclic) bond motifs is 2. The summed E-state index contributed by atoms with van der Waals surface area (Å²) >= 11 is 0. The van der Waals surface area contributed by atoms with Gasteiger partial charge in [-0.2, -0.15) is 10.2 Å². The van der Waals surface area contributed by atoms with Gasteiger partial charge < -0.3 is 10.2 Å². The number of likely N-dealkylation sites (tertiary alicyclic amines) is 1. The zero-order valence-electron chi connectivity index (χ0n) is 23.8. The second-order valence-corrected chi connectivity index (χ2v) is 11.9. The van der Waals surface area contributed by atoms with E-state index in [0.29, 0.717) is 36.5 Å². The number of hydrogen-bond acceptors (Lipinski definition) is 7. The van der Waals surface area contributed by atoms with Gasteiger partial charge >= 0.3 is 0 Å². The highest BCUT2D eigenvalue weighted by atomic mass is 16.2. The average molecular weight is 551 g/mol. The van der Waals surface area contributed by atoms with Crippen LogP contribution in [0.4, 0.5) is 5.69 Å². The Balaban J connectivity index is 1.25. The van der Waals surface area contributed by atoms with Crippen LogP contribution in [0.1, 0.15) is 55.6 Å². The summed E-state index contributed by atoms with van der Waals surface area (Å²) in [4.78, 5) is 51.1. The molecular weight excluding hydrogens is 516 g/mol.